The Bertz CT molecular complexity index is 976. The van der Waals surface area contributed by atoms with Gasteiger partial charge in [0, 0.05) is 12.0 Å². The standard InChI is InChI=1S/C25H29NO4/c1-17(2)14-21-15-22(29-16-18(3)27)10-11-24(21)28-13-12-23-19(4)30-25(26-23)20-8-6-5-7-9-20/h5-11,15,17H,12-14,16H2,1-4H3. The van der Waals surface area contributed by atoms with Crippen LogP contribution in [-0.2, 0) is 17.6 Å². The molecule has 2 aromatic carbocycles. The van der Waals surface area contributed by atoms with Crippen molar-refractivity contribution >= 4 is 5.78 Å². The fourth-order valence-corrected chi connectivity index (χ4v) is 3.19. The molecule has 0 aliphatic carbocycles. The molecule has 0 aliphatic heterocycles. The number of Topliss-reactive ketones (excluding diaryl/α,β-unsaturated/α-hetero) is 1. The van der Waals surface area contributed by atoms with E-state index in [0.717, 1.165) is 34.8 Å². The second kappa shape index (κ2) is 10.1. The van der Waals surface area contributed by atoms with Crippen LogP contribution in [-0.4, -0.2) is 24.0 Å². The number of aromatic nitrogens is 1. The summed E-state index contributed by atoms with van der Waals surface area (Å²) < 4.78 is 17.5. The molecule has 0 aliphatic rings. The van der Waals surface area contributed by atoms with Crippen LogP contribution in [0.1, 0.15) is 37.8 Å². The van der Waals surface area contributed by atoms with Gasteiger partial charge >= 0.3 is 0 Å². The topological polar surface area (TPSA) is 61.6 Å². The van der Waals surface area contributed by atoms with Crippen LogP contribution in [0, 0.1) is 12.8 Å². The van der Waals surface area contributed by atoms with Crippen molar-refractivity contribution in [2.75, 3.05) is 13.2 Å². The number of hydrogen-bond donors (Lipinski definition) is 0. The zero-order valence-electron chi connectivity index (χ0n) is 18.1. The molecular formula is C25H29NO4. The van der Waals surface area contributed by atoms with Gasteiger partial charge in [-0.2, -0.15) is 0 Å². The van der Waals surface area contributed by atoms with Crippen molar-refractivity contribution in [3.8, 4) is 23.0 Å². The second-order valence-electron chi connectivity index (χ2n) is 7.84. The number of carbonyl (C=O) groups excluding carboxylic acids is 1. The lowest BCUT2D eigenvalue weighted by molar-refractivity contribution is -0.118. The summed E-state index contributed by atoms with van der Waals surface area (Å²) in [5, 5.41) is 0. The first kappa shape index (κ1) is 21.6. The largest absolute Gasteiger partial charge is 0.493 e. The summed E-state index contributed by atoms with van der Waals surface area (Å²) in [5.41, 5.74) is 2.95. The summed E-state index contributed by atoms with van der Waals surface area (Å²) in [7, 11) is 0. The summed E-state index contributed by atoms with van der Waals surface area (Å²) in [6.45, 7) is 8.35. The van der Waals surface area contributed by atoms with Crippen molar-refractivity contribution in [1.29, 1.82) is 0 Å². The third-order valence-electron chi connectivity index (χ3n) is 4.61. The summed E-state index contributed by atoms with van der Waals surface area (Å²) >= 11 is 0. The van der Waals surface area contributed by atoms with Crippen LogP contribution >= 0.6 is 0 Å². The molecule has 0 spiro atoms. The highest BCUT2D eigenvalue weighted by Gasteiger charge is 2.13. The molecule has 0 fully saturated rings. The Kier molecular flexibility index (Phi) is 7.28. The molecule has 0 radical (unpaired) electrons. The monoisotopic (exact) mass is 407 g/mol. The number of carbonyl (C=O) groups is 1. The third-order valence-corrected chi connectivity index (χ3v) is 4.61. The highest BCUT2D eigenvalue weighted by Crippen LogP contribution is 2.27. The van der Waals surface area contributed by atoms with Crippen molar-refractivity contribution in [3.05, 3.63) is 65.5 Å². The highest BCUT2D eigenvalue weighted by atomic mass is 16.5. The van der Waals surface area contributed by atoms with Crippen LogP contribution in [0.5, 0.6) is 11.5 Å². The highest BCUT2D eigenvalue weighted by molar-refractivity contribution is 5.77. The van der Waals surface area contributed by atoms with Crippen LogP contribution in [0.15, 0.2) is 52.9 Å². The molecule has 0 amide bonds. The van der Waals surface area contributed by atoms with Gasteiger partial charge in [-0.15, -0.1) is 0 Å². The van der Waals surface area contributed by atoms with Crippen molar-refractivity contribution in [1.82, 2.24) is 4.98 Å². The van der Waals surface area contributed by atoms with Gasteiger partial charge in [-0.1, -0.05) is 32.0 Å². The summed E-state index contributed by atoms with van der Waals surface area (Å²) in [6.07, 6.45) is 1.53. The molecule has 158 valence electrons. The van der Waals surface area contributed by atoms with E-state index < -0.39 is 0 Å². The molecule has 1 heterocycles. The normalized spacial score (nSPS) is 11.0. The number of rotatable bonds is 10. The summed E-state index contributed by atoms with van der Waals surface area (Å²) in [6, 6.07) is 15.6. The number of aryl methyl sites for hydroxylation is 1. The van der Waals surface area contributed by atoms with Crippen molar-refractivity contribution in [3.63, 3.8) is 0 Å². The first-order chi connectivity index (χ1) is 14.4. The van der Waals surface area contributed by atoms with Gasteiger partial charge in [0.25, 0.3) is 0 Å². The van der Waals surface area contributed by atoms with E-state index in [-0.39, 0.29) is 12.4 Å². The van der Waals surface area contributed by atoms with E-state index >= 15 is 0 Å². The van der Waals surface area contributed by atoms with Gasteiger partial charge in [0.2, 0.25) is 5.89 Å². The molecular weight excluding hydrogens is 378 g/mol. The van der Waals surface area contributed by atoms with Gasteiger partial charge < -0.3 is 13.9 Å². The smallest absolute Gasteiger partial charge is 0.226 e. The molecule has 1 aromatic heterocycles. The van der Waals surface area contributed by atoms with Crippen LogP contribution in [0.2, 0.25) is 0 Å². The van der Waals surface area contributed by atoms with Gasteiger partial charge in [0.1, 0.15) is 23.9 Å². The Labute approximate surface area is 178 Å². The summed E-state index contributed by atoms with van der Waals surface area (Å²) in [4.78, 5) is 15.8. The van der Waals surface area contributed by atoms with Crippen molar-refractivity contribution in [2.45, 2.75) is 40.5 Å². The molecule has 3 aromatic rings. The fraction of sp³-hybridized carbons (Fsp3) is 0.360. The van der Waals surface area contributed by atoms with Gasteiger partial charge in [-0.3, -0.25) is 4.79 Å². The molecule has 0 N–H and O–H groups in total. The second-order valence-corrected chi connectivity index (χ2v) is 7.84. The predicted octanol–water partition coefficient (Wildman–Crippen LogP) is 5.44. The Morgan fingerprint density at radius 3 is 2.57 bits per heavy atom. The maximum atomic E-state index is 11.2. The Balaban J connectivity index is 1.66. The minimum Gasteiger partial charge on any atom is -0.493 e. The third kappa shape index (κ3) is 5.96. The number of ketones is 1. The number of hydrogen-bond acceptors (Lipinski definition) is 5. The molecule has 0 atom stereocenters. The molecule has 0 saturated carbocycles. The predicted molar refractivity (Wildman–Crippen MR) is 117 cm³/mol. The Morgan fingerprint density at radius 1 is 1.10 bits per heavy atom. The number of oxazole rings is 1. The fourth-order valence-electron chi connectivity index (χ4n) is 3.19. The maximum Gasteiger partial charge on any atom is 0.226 e. The lowest BCUT2D eigenvalue weighted by Gasteiger charge is -2.15. The van der Waals surface area contributed by atoms with Crippen LogP contribution < -0.4 is 9.47 Å². The lowest BCUT2D eigenvalue weighted by Crippen LogP contribution is -2.08. The number of benzene rings is 2. The zero-order chi connectivity index (χ0) is 21.5. The summed E-state index contributed by atoms with van der Waals surface area (Å²) in [5.74, 6) is 3.44. The van der Waals surface area contributed by atoms with Gasteiger partial charge in [-0.25, -0.2) is 4.98 Å². The van der Waals surface area contributed by atoms with Crippen LogP contribution in [0.3, 0.4) is 0 Å². The number of nitrogens with zero attached hydrogens (tertiary/aromatic N) is 1. The van der Waals surface area contributed by atoms with E-state index in [1.807, 2.05) is 55.5 Å². The Morgan fingerprint density at radius 2 is 1.87 bits per heavy atom. The van der Waals surface area contributed by atoms with E-state index in [4.69, 9.17) is 13.9 Å². The average Bonchev–Trinajstić information content (AvgIpc) is 3.08. The van der Waals surface area contributed by atoms with E-state index in [1.54, 1.807) is 0 Å². The molecule has 0 unspecified atom stereocenters. The molecule has 0 saturated heterocycles. The minimum atomic E-state index is -0.00131. The molecule has 3 rings (SSSR count). The van der Waals surface area contributed by atoms with E-state index in [1.165, 1.54) is 6.92 Å². The zero-order valence-corrected chi connectivity index (χ0v) is 18.1. The van der Waals surface area contributed by atoms with Gasteiger partial charge in [0.15, 0.2) is 5.78 Å². The number of ether oxygens (including phenoxy) is 2. The first-order valence-corrected chi connectivity index (χ1v) is 10.3. The molecule has 5 nitrogen and oxygen atoms in total. The minimum absolute atomic E-state index is 0.00131. The first-order valence-electron chi connectivity index (χ1n) is 10.3. The average molecular weight is 408 g/mol. The van der Waals surface area contributed by atoms with E-state index in [2.05, 4.69) is 18.8 Å². The van der Waals surface area contributed by atoms with Gasteiger partial charge in [-0.05, 0) is 62.1 Å². The van der Waals surface area contributed by atoms with Crippen molar-refractivity contribution in [2.24, 2.45) is 5.92 Å². The van der Waals surface area contributed by atoms with Gasteiger partial charge in [0.05, 0.1) is 12.3 Å². The SMILES string of the molecule is CC(=O)COc1ccc(OCCc2nc(-c3ccccc3)oc2C)c(CC(C)C)c1. The molecule has 0 bridgehead atoms. The quantitative estimate of drug-likeness (QED) is 0.448. The molecule has 30 heavy (non-hydrogen) atoms. The van der Waals surface area contributed by atoms with E-state index in [9.17, 15) is 4.79 Å². The molecule has 5 heteroatoms. The van der Waals surface area contributed by atoms with E-state index in [0.29, 0.717) is 30.6 Å². The lowest BCUT2D eigenvalue weighted by atomic mass is 10.0. The Hall–Kier alpha value is -3.08. The maximum absolute atomic E-state index is 11.2. The van der Waals surface area contributed by atoms with Crippen molar-refractivity contribution < 1.29 is 18.7 Å². The van der Waals surface area contributed by atoms with Crippen LogP contribution in [0.4, 0.5) is 0 Å². The van der Waals surface area contributed by atoms with Crippen LogP contribution in [0.25, 0.3) is 11.5 Å².